The molecule has 1 saturated heterocycles. The molecule has 1 heterocycles. The van der Waals surface area contributed by atoms with Gasteiger partial charge in [0.05, 0.1) is 6.54 Å². The van der Waals surface area contributed by atoms with Crippen LogP contribution in [-0.4, -0.2) is 42.9 Å². The van der Waals surface area contributed by atoms with Gasteiger partial charge in [-0.25, -0.2) is 0 Å². The zero-order valence-corrected chi connectivity index (χ0v) is 12.9. The number of nitrogens with one attached hydrogen (secondary N) is 1. The molecule has 0 saturated carbocycles. The summed E-state index contributed by atoms with van der Waals surface area (Å²) in [7, 11) is 0. The number of hydrogen-bond acceptors (Lipinski definition) is 3. The van der Waals surface area contributed by atoms with Crippen LogP contribution in [0.5, 0.6) is 0 Å². The van der Waals surface area contributed by atoms with E-state index in [0.717, 1.165) is 38.8 Å². The van der Waals surface area contributed by atoms with E-state index in [-0.39, 0.29) is 12.5 Å². The van der Waals surface area contributed by atoms with E-state index in [2.05, 4.69) is 19.2 Å². The molecular formula is C15H29N3O2. The Labute approximate surface area is 122 Å². The van der Waals surface area contributed by atoms with Gasteiger partial charge in [0, 0.05) is 13.0 Å². The zero-order valence-electron chi connectivity index (χ0n) is 12.9. The molecule has 1 aliphatic rings. The Hall–Kier alpha value is -1.10. The molecule has 2 amide bonds. The average Bonchev–Trinajstić information content (AvgIpc) is 2.43. The smallest absolute Gasteiger partial charge is 0.237 e. The molecule has 1 unspecified atom stereocenters. The molecule has 5 heteroatoms. The number of carbonyl (C=O) groups excluding carboxylic acids is 2. The Kier molecular flexibility index (Phi) is 7.59. The van der Waals surface area contributed by atoms with Crippen molar-refractivity contribution < 1.29 is 9.59 Å². The summed E-state index contributed by atoms with van der Waals surface area (Å²) in [6.45, 7) is 7.00. The number of unbranched alkanes of at least 4 members (excludes halogenated alkanes) is 1. The summed E-state index contributed by atoms with van der Waals surface area (Å²) in [6.07, 6.45) is 4.73. The van der Waals surface area contributed by atoms with E-state index in [4.69, 9.17) is 5.73 Å². The quantitative estimate of drug-likeness (QED) is 0.701. The summed E-state index contributed by atoms with van der Waals surface area (Å²) in [4.78, 5) is 25.1. The Balaban J connectivity index is 2.48. The first-order chi connectivity index (χ1) is 9.54. The molecule has 116 valence electrons. The van der Waals surface area contributed by atoms with Crippen LogP contribution in [-0.2, 0) is 9.59 Å². The molecule has 0 aliphatic carbocycles. The molecule has 0 aromatic carbocycles. The predicted molar refractivity (Wildman–Crippen MR) is 80.1 cm³/mol. The van der Waals surface area contributed by atoms with Gasteiger partial charge in [-0.2, -0.15) is 0 Å². The van der Waals surface area contributed by atoms with Crippen molar-refractivity contribution in [3.8, 4) is 0 Å². The van der Waals surface area contributed by atoms with Crippen molar-refractivity contribution in [2.45, 2.75) is 46.0 Å². The summed E-state index contributed by atoms with van der Waals surface area (Å²) in [5.74, 6) is 0.635. The van der Waals surface area contributed by atoms with E-state index >= 15 is 0 Å². The van der Waals surface area contributed by atoms with Gasteiger partial charge >= 0.3 is 0 Å². The predicted octanol–water partition coefficient (Wildman–Crippen LogP) is 1.13. The van der Waals surface area contributed by atoms with Crippen LogP contribution < -0.4 is 11.1 Å². The van der Waals surface area contributed by atoms with Gasteiger partial charge in [-0.1, -0.05) is 20.3 Å². The lowest BCUT2D eigenvalue weighted by Gasteiger charge is -2.30. The fourth-order valence-corrected chi connectivity index (χ4v) is 2.81. The fourth-order valence-electron chi connectivity index (χ4n) is 2.81. The maximum absolute atomic E-state index is 12.3. The van der Waals surface area contributed by atoms with Gasteiger partial charge in [0.15, 0.2) is 0 Å². The molecule has 0 aromatic heterocycles. The Morgan fingerprint density at radius 1 is 1.35 bits per heavy atom. The second-order valence-electron chi connectivity index (χ2n) is 5.90. The minimum absolute atomic E-state index is 0.0533. The van der Waals surface area contributed by atoms with Gasteiger partial charge in [0.25, 0.3) is 0 Å². The lowest BCUT2D eigenvalue weighted by Crippen LogP contribution is -2.40. The van der Waals surface area contributed by atoms with Crippen LogP contribution in [0.4, 0.5) is 0 Å². The van der Waals surface area contributed by atoms with Crippen molar-refractivity contribution >= 4 is 11.8 Å². The van der Waals surface area contributed by atoms with Crippen LogP contribution in [0.15, 0.2) is 0 Å². The molecule has 0 aromatic rings. The minimum atomic E-state index is -0.427. The van der Waals surface area contributed by atoms with Crippen molar-refractivity contribution in [2.75, 3.05) is 26.2 Å². The summed E-state index contributed by atoms with van der Waals surface area (Å²) in [5.41, 5.74) is 5.24. The first kappa shape index (κ1) is 17.0. The van der Waals surface area contributed by atoms with Gasteiger partial charge < -0.3 is 16.0 Å². The van der Waals surface area contributed by atoms with E-state index in [1.54, 1.807) is 4.90 Å². The maximum atomic E-state index is 12.3. The van der Waals surface area contributed by atoms with Crippen LogP contribution >= 0.6 is 0 Å². The van der Waals surface area contributed by atoms with E-state index < -0.39 is 5.91 Å². The van der Waals surface area contributed by atoms with E-state index in [9.17, 15) is 9.59 Å². The van der Waals surface area contributed by atoms with Crippen LogP contribution in [0.1, 0.15) is 46.0 Å². The van der Waals surface area contributed by atoms with E-state index in [1.807, 2.05) is 0 Å². The molecule has 5 nitrogen and oxygen atoms in total. The van der Waals surface area contributed by atoms with E-state index in [1.165, 1.54) is 0 Å². The standard InChI is InChI=1S/C15H29N3O2/c1-3-4-9-18(11-14(16)19)15(20)10-12(2)13-5-7-17-8-6-13/h12-13,17H,3-11H2,1-2H3,(H2,16,19). The summed E-state index contributed by atoms with van der Waals surface area (Å²) in [6, 6.07) is 0. The van der Waals surface area contributed by atoms with Crippen LogP contribution in [0, 0.1) is 11.8 Å². The topological polar surface area (TPSA) is 75.4 Å². The highest BCUT2D eigenvalue weighted by Crippen LogP contribution is 2.24. The summed E-state index contributed by atoms with van der Waals surface area (Å²) in [5, 5.41) is 3.34. The number of nitrogens with zero attached hydrogens (tertiary/aromatic N) is 1. The van der Waals surface area contributed by atoms with Crippen molar-refractivity contribution in [3.63, 3.8) is 0 Å². The third kappa shape index (κ3) is 5.90. The molecule has 0 radical (unpaired) electrons. The lowest BCUT2D eigenvalue weighted by molar-refractivity contribution is -0.136. The van der Waals surface area contributed by atoms with Gasteiger partial charge in [0.2, 0.25) is 11.8 Å². The number of rotatable bonds is 8. The summed E-state index contributed by atoms with van der Waals surface area (Å²) < 4.78 is 0. The number of amides is 2. The third-order valence-corrected chi connectivity index (χ3v) is 4.17. The number of primary amides is 1. The molecule has 20 heavy (non-hydrogen) atoms. The molecule has 0 spiro atoms. The first-order valence-electron chi connectivity index (χ1n) is 7.81. The molecular weight excluding hydrogens is 254 g/mol. The van der Waals surface area contributed by atoms with Crippen molar-refractivity contribution in [1.29, 1.82) is 0 Å². The molecule has 1 rings (SSSR count). The highest BCUT2D eigenvalue weighted by Gasteiger charge is 2.24. The van der Waals surface area contributed by atoms with Gasteiger partial charge in [0.1, 0.15) is 0 Å². The molecule has 1 atom stereocenters. The summed E-state index contributed by atoms with van der Waals surface area (Å²) >= 11 is 0. The second kappa shape index (κ2) is 8.95. The second-order valence-corrected chi connectivity index (χ2v) is 5.90. The lowest BCUT2D eigenvalue weighted by atomic mass is 9.84. The largest absolute Gasteiger partial charge is 0.368 e. The van der Waals surface area contributed by atoms with Crippen LogP contribution in [0.3, 0.4) is 0 Å². The van der Waals surface area contributed by atoms with Gasteiger partial charge in [-0.15, -0.1) is 0 Å². The average molecular weight is 283 g/mol. The van der Waals surface area contributed by atoms with Gasteiger partial charge in [-0.05, 0) is 44.2 Å². The van der Waals surface area contributed by atoms with E-state index in [0.29, 0.717) is 24.8 Å². The highest BCUT2D eigenvalue weighted by molar-refractivity contribution is 5.83. The molecule has 3 N–H and O–H groups in total. The Morgan fingerprint density at radius 3 is 2.55 bits per heavy atom. The van der Waals surface area contributed by atoms with Crippen molar-refractivity contribution in [3.05, 3.63) is 0 Å². The van der Waals surface area contributed by atoms with Crippen molar-refractivity contribution in [2.24, 2.45) is 17.6 Å². The molecule has 1 fully saturated rings. The number of carbonyl (C=O) groups is 2. The Bertz CT molecular complexity index is 314. The molecule has 1 aliphatic heterocycles. The van der Waals surface area contributed by atoms with Crippen molar-refractivity contribution in [1.82, 2.24) is 10.2 Å². The maximum Gasteiger partial charge on any atom is 0.237 e. The monoisotopic (exact) mass is 283 g/mol. The van der Waals surface area contributed by atoms with Crippen LogP contribution in [0.2, 0.25) is 0 Å². The number of piperidine rings is 1. The SMILES string of the molecule is CCCCN(CC(N)=O)C(=O)CC(C)C1CCNCC1. The zero-order chi connectivity index (χ0) is 15.0. The minimum Gasteiger partial charge on any atom is -0.368 e. The number of hydrogen-bond donors (Lipinski definition) is 2. The highest BCUT2D eigenvalue weighted by atomic mass is 16.2. The van der Waals surface area contributed by atoms with Crippen LogP contribution in [0.25, 0.3) is 0 Å². The normalized spacial score (nSPS) is 17.7. The Morgan fingerprint density at radius 2 is 2.00 bits per heavy atom. The molecule has 0 bridgehead atoms. The van der Waals surface area contributed by atoms with Gasteiger partial charge in [-0.3, -0.25) is 9.59 Å². The number of nitrogens with two attached hydrogens (primary N) is 1. The fraction of sp³-hybridized carbons (Fsp3) is 0.867. The third-order valence-electron chi connectivity index (χ3n) is 4.17. The first-order valence-corrected chi connectivity index (χ1v) is 7.81.